The second-order valence-corrected chi connectivity index (χ2v) is 5.72. The summed E-state index contributed by atoms with van der Waals surface area (Å²) in [6.07, 6.45) is 6.51. The molecule has 0 heterocycles. The molecule has 1 heteroatoms. The van der Waals surface area contributed by atoms with Crippen LogP contribution in [0.15, 0.2) is 24.3 Å². The van der Waals surface area contributed by atoms with Gasteiger partial charge in [0.25, 0.3) is 0 Å². The highest BCUT2D eigenvalue weighted by Crippen LogP contribution is 2.39. The molecule has 2 rings (SSSR count). The van der Waals surface area contributed by atoms with Crippen LogP contribution in [0.25, 0.3) is 0 Å². The van der Waals surface area contributed by atoms with Crippen LogP contribution in [0.1, 0.15) is 49.7 Å². The Morgan fingerprint density at radius 1 is 1.20 bits per heavy atom. The van der Waals surface area contributed by atoms with Gasteiger partial charge < -0.3 is 0 Å². The van der Waals surface area contributed by atoms with E-state index in [1.165, 1.54) is 43.2 Å². The minimum Gasteiger partial charge on any atom is -0.0884 e. The Hall–Kier alpha value is -0.300. The quantitative estimate of drug-likeness (QED) is 0.698. The van der Waals surface area contributed by atoms with E-state index in [4.69, 9.17) is 0 Å². The first-order valence-electron chi connectivity index (χ1n) is 6.04. The molecule has 82 valence electrons. The average molecular weight is 267 g/mol. The predicted molar refractivity (Wildman–Crippen MR) is 69.7 cm³/mol. The fourth-order valence-corrected chi connectivity index (χ4v) is 3.40. The molecular formula is C14H19Br. The minimum absolute atomic E-state index is 0.703. The molecule has 1 fully saturated rings. The fourth-order valence-electron chi connectivity index (χ4n) is 2.51. The van der Waals surface area contributed by atoms with Gasteiger partial charge in [0.1, 0.15) is 0 Å². The molecule has 0 amide bonds. The van der Waals surface area contributed by atoms with Crippen LogP contribution in [0, 0.1) is 0 Å². The van der Waals surface area contributed by atoms with Gasteiger partial charge in [-0.3, -0.25) is 0 Å². The Bertz CT molecular complexity index is 302. The second-order valence-electron chi connectivity index (χ2n) is 4.54. The van der Waals surface area contributed by atoms with Crippen LogP contribution in [-0.4, -0.2) is 4.83 Å². The van der Waals surface area contributed by atoms with Crippen molar-refractivity contribution >= 4 is 15.9 Å². The van der Waals surface area contributed by atoms with E-state index >= 15 is 0 Å². The number of rotatable bonds is 3. The molecule has 1 aliphatic rings. The lowest BCUT2D eigenvalue weighted by atomic mass is 9.96. The van der Waals surface area contributed by atoms with E-state index < -0.39 is 0 Å². The van der Waals surface area contributed by atoms with E-state index in [1.807, 2.05) is 0 Å². The smallest absolute Gasteiger partial charge is 0.0214 e. The number of hydrogen-bond acceptors (Lipinski definition) is 0. The van der Waals surface area contributed by atoms with Gasteiger partial charge in [-0.25, -0.2) is 0 Å². The molecule has 1 saturated carbocycles. The largest absolute Gasteiger partial charge is 0.0884 e. The van der Waals surface area contributed by atoms with Crippen LogP contribution in [0.2, 0.25) is 0 Å². The number of halogens is 1. The standard InChI is InChI=1S/C14H19Br/c1-2-4-11-7-9-12(10-8-11)13-5-3-6-14(13)15/h7-10,13-14H,2-6H2,1H3. The zero-order chi connectivity index (χ0) is 10.7. The Kier molecular flexibility index (Phi) is 3.85. The first-order valence-corrected chi connectivity index (χ1v) is 6.95. The zero-order valence-corrected chi connectivity index (χ0v) is 11.0. The summed E-state index contributed by atoms with van der Waals surface area (Å²) in [6, 6.07) is 9.26. The Balaban J connectivity index is 2.09. The summed E-state index contributed by atoms with van der Waals surface area (Å²) in [5, 5.41) is 0. The summed E-state index contributed by atoms with van der Waals surface area (Å²) in [6.45, 7) is 2.24. The topological polar surface area (TPSA) is 0 Å². The zero-order valence-electron chi connectivity index (χ0n) is 9.38. The van der Waals surface area contributed by atoms with Crippen LogP contribution in [0.4, 0.5) is 0 Å². The molecule has 0 aromatic heterocycles. The van der Waals surface area contributed by atoms with Gasteiger partial charge in [0, 0.05) is 4.83 Å². The van der Waals surface area contributed by atoms with E-state index in [9.17, 15) is 0 Å². The van der Waals surface area contributed by atoms with E-state index in [2.05, 4.69) is 47.1 Å². The molecule has 0 N–H and O–H groups in total. The molecule has 0 bridgehead atoms. The Morgan fingerprint density at radius 2 is 1.93 bits per heavy atom. The van der Waals surface area contributed by atoms with Gasteiger partial charge in [0.05, 0.1) is 0 Å². The minimum atomic E-state index is 0.703. The normalized spacial score (nSPS) is 25.7. The van der Waals surface area contributed by atoms with Gasteiger partial charge >= 0.3 is 0 Å². The SMILES string of the molecule is CCCc1ccc(C2CCCC2Br)cc1. The van der Waals surface area contributed by atoms with Gasteiger partial charge in [0.15, 0.2) is 0 Å². The van der Waals surface area contributed by atoms with Gasteiger partial charge in [-0.2, -0.15) is 0 Å². The monoisotopic (exact) mass is 266 g/mol. The van der Waals surface area contributed by atoms with Crippen LogP contribution < -0.4 is 0 Å². The maximum atomic E-state index is 3.79. The van der Waals surface area contributed by atoms with Crippen LogP contribution in [-0.2, 0) is 6.42 Å². The second kappa shape index (κ2) is 5.16. The lowest BCUT2D eigenvalue weighted by Gasteiger charge is -2.14. The third-order valence-electron chi connectivity index (χ3n) is 3.38. The van der Waals surface area contributed by atoms with Crippen molar-refractivity contribution in [3.63, 3.8) is 0 Å². The molecule has 1 aliphatic carbocycles. The molecule has 0 radical (unpaired) electrons. The Labute approximate surface area is 101 Å². The van der Waals surface area contributed by atoms with Crippen molar-refractivity contribution in [2.75, 3.05) is 0 Å². The molecule has 0 nitrogen and oxygen atoms in total. The summed E-state index contributed by atoms with van der Waals surface area (Å²) in [4.78, 5) is 0.703. The van der Waals surface area contributed by atoms with Crippen molar-refractivity contribution in [2.45, 2.75) is 49.8 Å². The van der Waals surface area contributed by atoms with Crippen molar-refractivity contribution in [1.29, 1.82) is 0 Å². The summed E-state index contributed by atoms with van der Waals surface area (Å²) in [5.41, 5.74) is 3.00. The van der Waals surface area contributed by atoms with Crippen molar-refractivity contribution in [2.24, 2.45) is 0 Å². The van der Waals surface area contributed by atoms with E-state index in [0.29, 0.717) is 4.83 Å². The third kappa shape index (κ3) is 2.63. The highest BCUT2D eigenvalue weighted by atomic mass is 79.9. The maximum absolute atomic E-state index is 3.79. The molecule has 1 aromatic carbocycles. The molecule has 1 aromatic rings. The highest BCUT2D eigenvalue weighted by Gasteiger charge is 2.25. The van der Waals surface area contributed by atoms with E-state index in [1.54, 1.807) is 0 Å². The molecule has 0 aliphatic heterocycles. The maximum Gasteiger partial charge on any atom is 0.0214 e. The van der Waals surface area contributed by atoms with Crippen molar-refractivity contribution in [3.05, 3.63) is 35.4 Å². The summed E-state index contributed by atoms with van der Waals surface area (Å²) in [5.74, 6) is 0.751. The first-order chi connectivity index (χ1) is 7.31. The van der Waals surface area contributed by atoms with Gasteiger partial charge in [-0.1, -0.05) is 60.0 Å². The Morgan fingerprint density at radius 3 is 2.47 bits per heavy atom. The van der Waals surface area contributed by atoms with Crippen molar-refractivity contribution in [1.82, 2.24) is 0 Å². The van der Waals surface area contributed by atoms with Crippen LogP contribution in [0.5, 0.6) is 0 Å². The predicted octanol–water partition coefficient (Wildman–Crippen LogP) is 4.67. The first kappa shape index (κ1) is 11.2. The number of hydrogen-bond donors (Lipinski definition) is 0. The highest BCUT2D eigenvalue weighted by molar-refractivity contribution is 9.09. The molecule has 0 saturated heterocycles. The average Bonchev–Trinajstić information content (AvgIpc) is 2.66. The lowest BCUT2D eigenvalue weighted by molar-refractivity contribution is 0.742. The molecular weight excluding hydrogens is 248 g/mol. The fraction of sp³-hybridized carbons (Fsp3) is 0.571. The van der Waals surface area contributed by atoms with Gasteiger partial charge in [0.2, 0.25) is 0 Å². The van der Waals surface area contributed by atoms with Gasteiger partial charge in [-0.05, 0) is 36.3 Å². The number of benzene rings is 1. The van der Waals surface area contributed by atoms with Crippen molar-refractivity contribution in [3.8, 4) is 0 Å². The van der Waals surface area contributed by atoms with Gasteiger partial charge in [-0.15, -0.1) is 0 Å². The number of alkyl halides is 1. The van der Waals surface area contributed by atoms with Crippen LogP contribution >= 0.6 is 15.9 Å². The molecule has 2 atom stereocenters. The summed E-state index contributed by atoms with van der Waals surface area (Å²) in [7, 11) is 0. The third-order valence-corrected chi connectivity index (χ3v) is 4.47. The lowest BCUT2D eigenvalue weighted by Crippen LogP contribution is -2.04. The van der Waals surface area contributed by atoms with Crippen molar-refractivity contribution < 1.29 is 0 Å². The van der Waals surface area contributed by atoms with E-state index in [-0.39, 0.29) is 0 Å². The molecule has 15 heavy (non-hydrogen) atoms. The molecule has 2 unspecified atom stereocenters. The summed E-state index contributed by atoms with van der Waals surface area (Å²) < 4.78 is 0. The summed E-state index contributed by atoms with van der Waals surface area (Å²) >= 11 is 3.79. The van der Waals surface area contributed by atoms with E-state index in [0.717, 1.165) is 5.92 Å². The molecule has 0 spiro atoms. The number of aryl methyl sites for hydroxylation is 1. The van der Waals surface area contributed by atoms with Crippen LogP contribution in [0.3, 0.4) is 0 Å².